The first-order valence-corrected chi connectivity index (χ1v) is 5.39. The zero-order valence-electron chi connectivity index (χ0n) is 9.33. The van der Waals surface area contributed by atoms with Gasteiger partial charge in [-0.2, -0.15) is 0 Å². The van der Waals surface area contributed by atoms with Crippen molar-refractivity contribution in [3.63, 3.8) is 0 Å². The number of hydrogen-bond acceptors (Lipinski definition) is 2. The molecule has 0 radical (unpaired) electrons. The van der Waals surface area contributed by atoms with Crippen LogP contribution in [0.3, 0.4) is 0 Å². The van der Waals surface area contributed by atoms with Gasteiger partial charge in [0.15, 0.2) is 0 Å². The van der Waals surface area contributed by atoms with E-state index in [1.54, 1.807) is 6.08 Å². The van der Waals surface area contributed by atoms with Gasteiger partial charge in [0, 0.05) is 5.41 Å². The molecule has 15 heavy (non-hydrogen) atoms. The minimum atomic E-state index is -0.239. The second-order valence-corrected chi connectivity index (χ2v) is 3.99. The molecular weight excluding hydrogens is 186 g/mol. The van der Waals surface area contributed by atoms with E-state index in [0.717, 1.165) is 37.8 Å². The highest BCUT2D eigenvalue weighted by atomic mass is 16.1. The fourth-order valence-corrected chi connectivity index (χ4v) is 1.92. The Balaban J connectivity index is 2.79. The summed E-state index contributed by atoms with van der Waals surface area (Å²) in [7, 11) is 0. The van der Waals surface area contributed by atoms with Gasteiger partial charge in [-0.25, -0.2) is 0 Å². The summed E-state index contributed by atoms with van der Waals surface area (Å²) in [6.45, 7) is 7.50. The summed E-state index contributed by atoms with van der Waals surface area (Å²) in [6.07, 6.45) is 10.5. The third-order valence-corrected chi connectivity index (χ3v) is 3.10. The first kappa shape index (κ1) is 11.9. The van der Waals surface area contributed by atoms with Crippen molar-refractivity contribution in [2.75, 3.05) is 13.1 Å². The van der Waals surface area contributed by atoms with Crippen molar-refractivity contribution >= 4 is 6.29 Å². The second kappa shape index (κ2) is 5.66. The lowest BCUT2D eigenvalue weighted by atomic mass is 9.74. The van der Waals surface area contributed by atoms with Gasteiger partial charge in [0.05, 0.1) is 0 Å². The maximum Gasteiger partial charge on any atom is 0.130 e. The van der Waals surface area contributed by atoms with Gasteiger partial charge in [-0.3, -0.25) is 0 Å². The van der Waals surface area contributed by atoms with Crippen molar-refractivity contribution in [3.8, 4) is 0 Å². The molecule has 1 N–H and O–H groups in total. The lowest BCUT2D eigenvalue weighted by Gasteiger charge is -2.33. The zero-order valence-corrected chi connectivity index (χ0v) is 9.33. The molecule has 2 nitrogen and oxygen atoms in total. The molecule has 0 aromatic carbocycles. The molecule has 2 heteroatoms. The van der Waals surface area contributed by atoms with Gasteiger partial charge >= 0.3 is 0 Å². The maximum absolute atomic E-state index is 11.2. The number of hydrogen-bond donors (Lipinski definition) is 1. The van der Waals surface area contributed by atoms with E-state index >= 15 is 0 Å². The van der Waals surface area contributed by atoms with E-state index in [1.165, 1.54) is 0 Å². The van der Waals surface area contributed by atoms with Crippen molar-refractivity contribution in [3.05, 3.63) is 36.5 Å². The van der Waals surface area contributed by atoms with E-state index in [9.17, 15) is 4.79 Å². The normalized spacial score (nSPS) is 21.5. The molecule has 1 aliphatic rings. The topological polar surface area (TPSA) is 29.1 Å². The van der Waals surface area contributed by atoms with Crippen LogP contribution in [0.1, 0.15) is 19.8 Å². The monoisotopic (exact) mass is 205 g/mol. The smallest absolute Gasteiger partial charge is 0.130 e. The minimum absolute atomic E-state index is 0.239. The molecule has 1 rings (SSSR count). The molecule has 0 saturated carbocycles. The van der Waals surface area contributed by atoms with Gasteiger partial charge in [0.2, 0.25) is 0 Å². The minimum Gasteiger partial charge on any atom is -0.317 e. The zero-order chi connectivity index (χ0) is 11.1. The van der Waals surface area contributed by atoms with Gasteiger partial charge < -0.3 is 10.1 Å². The molecule has 0 bridgehead atoms. The standard InChI is InChI=1S/C13H19NO/c1-3-4-5-6-12(2)13(11-15)7-9-14-10-8-13/h3-6,11,14H,1,7-10H2,2H3/b5-4-,12-6+. The molecule has 0 atom stereocenters. The lowest BCUT2D eigenvalue weighted by Crippen LogP contribution is -2.38. The summed E-state index contributed by atoms with van der Waals surface area (Å²) in [5.41, 5.74) is 0.911. The Hall–Kier alpha value is -1.15. The van der Waals surface area contributed by atoms with Crippen LogP contribution in [0.4, 0.5) is 0 Å². The SMILES string of the molecule is C=C/C=C\C=C(/C)C1(C=O)CCNCC1. The van der Waals surface area contributed by atoms with Gasteiger partial charge in [0.1, 0.15) is 6.29 Å². The Bertz CT molecular complexity index is 283. The number of carbonyl (C=O) groups excluding carboxylic acids is 1. The summed E-state index contributed by atoms with van der Waals surface area (Å²) < 4.78 is 0. The molecule has 1 heterocycles. The van der Waals surface area contributed by atoms with Gasteiger partial charge in [-0.15, -0.1) is 0 Å². The Kier molecular flexibility index (Phi) is 4.50. The Labute approximate surface area is 91.8 Å². The molecule has 0 aliphatic carbocycles. The number of nitrogens with one attached hydrogen (secondary N) is 1. The fourth-order valence-electron chi connectivity index (χ4n) is 1.92. The predicted octanol–water partition coefficient (Wildman–Crippen LogP) is 2.24. The van der Waals surface area contributed by atoms with Crippen LogP contribution in [0.15, 0.2) is 36.5 Å². The number of rotatable bonds is 4. The first-order chi connectivity index (χ1) is 7.25. The Morgan fingerprint density at radius 2 is 2.00 bits per heavy atom. The molecule has 0 amide bonds. The van der Waals surface area contributed by atoms with Crippen molar-refractivity contribution in [1.29, 1.82) is 0 Å². The molecule has 0 spiro atoms. The molecule has 1 fully saturated rings. The number of aldehydes is 1. The Morgan fingerprint density at radius 1 is 1.33 bits per heavy atom. The highest BCUT2D eigenvalue weighted by Gasteiger charge is 2.32. The van der Waals surface area contributed by atoms with Gasteiger partial charge in [-0.1, -0.05) is 36.5 Å². The highest BCUT2D eigenvalue weighted by Crippen LogP contribution is 2.34. The van der Waals surface area contributed by atoms with E-state index in [2.05, 4.69) is 11.9 Å². The number of allylic oxidation sites excluding steroid dienone is 5. The van der Waals surface area contributed by atoms with E-state index in [1.807, 2.05) is 25.2 Å². The van der Waals surface area contributed by atoms with E-state index in [4.69, 9.17) is 0 Å². The third-order valence-electron chi connectivity index (χ3n) is 3.10. The maximum atomic E-state index is 11.2. The van der Waals surface area contributed by atoms with Crippen LogP contribution in [-0.4, -0.2) is 19.4 Å². The van der Waals surface area contributed by atoms with E-state index in [0.29, 0.717) is 0 Å². The molecule has 1 aliphatic heterocycles. The average Bonchev–Trinajstić information content (AvgIpc) is 2.30. The van der Waals surface area contributed by atoms with Crippen LogP contribution in [0, 0.1) is 5.41 Å². The second-order valence-electron chi connectivity index (χ2n) is 3.99. The van der Waals surface area contributed by atoms with Crippen molar-refractivity contribution in [2.24, 2.45) is 5.41 Å². The van der Waals surface area contributed by atoms with Crippen LogP contribution < -0.4 is 5.32 Å². The van der Waals surface area contributed by atoms with Gasteiger partial charge in [-0.05, 0) is 32.9 Å². The molecule has 0 unspecified atom stereocenters. The summed E-state index contributed by atoms with van der Waals surface area (Å²) in [5.74, 6) is 0. The predicted molar refractivity (Wildman–Crippen MR) is 63.7 cm³/mol. The van der Waals surface area contributed by atoms with Crippen LogP contribution >= 0.6 is 0 Å². The fraction of sp³-hybridized carbons (Fsp3) is 0.462. The molecule has 0 aromatic heterocycles. The Morgan fingerprint density at radius 3 is 2.53 bits per heavy atom. The molecule has 82 valence electrons. The van der Waals surface area contributed by atoms with Gasteiger partial charge in [0.25, 0.3) is 0 Å². The molecular formula is C13H19NO. The summed E-state index contributed by atoms with van der Waals surface area (Å²) >= 11 is 0. The lowest BCUT2D eigenvalue weighted by molar-refractivity contribution is -0.115. The molecule has 1 saturated heterocycles. The van der Waals surface area contributed by atoms with E-state index in [-0.39, 0.29) is 5.41 Å². The van der Waals surface area contributed by atoms with E-state index < -0.39 is 0 Å². The quantitative estimate of drug-likeness (QED) is 0.563. The van der Waals surface area contributed by atoms with Crippen molar-refractivity contribution in [2.45, 2.75) is 19.8 Å². The van der Waals surface area contributed by atoms with Crippen molar-refractivity contribution < 1.29 is 4.79 Å². The number of carbonyl (C=O) groups is 1. The number of piperidine rings is 1. The first-order valence-electron chi connectivity index (χ1n) is 5.39. The average molecular weight is 205 g/mol. The van der Waals surface area contributed by atoms with Crippen LogP contribution in [0.5, 0.6) is 0 Å². The van der Waals surface area contributed by atoms with Crippen LogP contribution in [-0.2, 0) is 4.79 Å². The molecule has 0 aromatic rings. The van der Waals surface area contributed by atoms with Crippen molar-refractivity contribution in [1.82, 2.24) is 5.32 Å². The summed E-state index contributed by atoms with van der Waals surface area (Å²) in [6, 6.07) is 0. The highest BCUT2D eigenvalue weighted by molar-refractivity contribution is 5.65. The summed E-state index contributed by atoms with van der Waals surface area (Å²) in [4.78, 5) is 11.2. The van der Waals surface area contributed by atoms with Crippen LogP contribution in [0.2, 0.25) is 0 Å². The summed E-state index contributed by atoms with van der Waals surface area (Å²) in [5, 5.41) is 3.28. The van der Waals surface area contributed by atoms with Crippen LogP contribution in [0.25, 0.3) is 0 Å². The third kappa shape index (κ3) is 2.90. The largest absolute Gasteiger partial charge is 0.317 e.